The Morgan fingerprint density at radius 3 is 2.40 bits per heavy atom. The van der Waals surface area contributed by atoms with Crippen LogP contribution in [0.5, 0.6) is 0 Å². The van der Waals surface area contributed by atoms with Crippen LogP contribution in [0.25, 0.3) is 0 Å². The molecule has 20 heavy (non-hydrogen) atoms. The fraction of sp³-hybridized carbons (Fsp3) is 0.750. The number of nitrogens with zero attached hydrogens (tertiary/aromatic N) is 3. The molecule has 0 atom stereocenters. The minimum atomic E-state index is 0.0834. The van der Waals surface area contributed by atoms with E-state index in [9.17, 15) is 0 Å². The molecule has 1 rings (SSSR count). The smallest absolute Gasteiger partial charge is 0.137 e. The number of anilines is 2. The first-order valence-corrected chi connectivity index (χ1v) is 7.67. The van der Waals surface area contributed by atoms with Gasteiger partial charge in [-0.05, 0) is 32.6 Å². The van der Waals surface area contributed by atoms with E-state index in [1.807, 2.05) is 0 Å². The van der Waals surface area contributed by atoms with Crippen molar-refractivity contribution in [2.75, 3.05) is 23.8 Å². The predicted octanol–water partition coefficient (Wildman–Crippen LogP) is 4.05. The molecule has 0 saturated carbocycles. The van der Waals surface area contributed by atoms with Gasteiger partial charge in [0.2, 0.25) is 0 Å². The zero-order valence-electron chi connectivity index (χ0n) is 14.1. The van der Waals surface area contributed by atoms with Gasteiger partial charge < -0.3 is 10.2 Å². The highest BCUT2D eigenvalue weighted by molar-refractivity contribution is 5.61. The van der Waals surface area contributed by atoms with Crippen LogP contribution < -0.4 is 10.2 Å². The first kappa shape index (κ1) is 16.7. The first-order chi connectivity index (χ1) is 9.35. The summed E-state index contributed by atoms with van der Waals surface area (Å²) in [6, 6.07) is 0. The Labute approximate surface area is 124 Å². The Morgan fingerprint density at radius 2 is 1.90 bits per heavy atom. The fourth-order valence-electron chi connectivity index (χ4n) is 2.09. The second kappa shape index (κ2) is 6.91. The van der Waals surface area contributed by atoms with E-state index in [0.717, 1.165) is 31.0 Å². The minimum Gasteiger partial charge on any atom is -0.370 e. The number of hydrogen-bond acceptors (Lipinski definition) is 4. The van der Waals surface area contributed by atoms with E-state index in [-0.39, 0.29) is 5.54 Å². The van der Waals surface area contributed by atoms with Gasteiger partial charge in [-0.25, -0.2) is 9.97 Å². The van der Waals surface area contributed by atoms with E-state index in [4.69, 9.17) is 0 Å². The largest absolute Gasteiger partial charge is 0.370 e. The van der Waals surface area contributed by atoms with Gasteiger partial charge in [0.05, 0.1) is 0 Å². The molecule has 0 aliphatic rings. The second-order valence-corrected chi connectivity index (χ2v) is 6.27. The Hall–Kier alpha value is -1.32. The van der Waals surface area contributed by atoms with E-state index in [1.165, 1.54) is 5.56 Å². The molecule has 0 fully saturated rings. The number of nitrogens with one attached hydrogen (secondary N) is 1. The van der Waals surface area contributed by atoms with Crippen molar-refractivity contribution in [1.82, 2.24) is 9.97 Å². The fourth-order valence-corrected chi connectivity index (χ4v) is 2.09. The van der Waals surface area contributed by atoms with Gasteiger partial charge in [0.1, 0.15) is 18.0 Å². The van der Waals surface area contributed by atoms with Crippen LogP contribution in [0.2, 0.25) is 0 Å². The topological polar surface area (TPSA) is 41.1 Å². The van der Waals surface area contributed by atoms with Crippen molar-refractivity contribution in [3.8, 4) is 0 Å². The predicted molar refractivity (Wildman–Crippen MR) is 87.7 cm³/mol. The molecule has 1 N–H and O–H groups in total. The van der Waals surface area contributed by atoms with Crippen molar-refractivity contribution in [1.29, 1.82) is 0 Å². The average molecular weight is 278 g/mol. The highest BCUT2D eigenvalue weighted by Crippen LogP contribution is 2.34. The normalized spacial score (nSPS) is 11.8. The van der Waals surface area contributed by atoms with Crippen molar-refractivity contribution in [2.24, 2.45) is 0 Å². The van der Waals surface area contributed by atoms with Gasteiger partial charge in [0, 0.05) is 24.7 Å². The lowest BCUT2D eigenvalue weighted by atomic mass is 9.97. The summed E-state index contributed by atoms with van der Waals surface area (Å²) < 4.78 is 0. The number of hydrogen-bond donors (Lipinski definition) is 1. The summed E-state index contributed by atoms with van der Waals surface area (Å²) in [5.74, 6) is 2.41. The van der Waals surface area contributed by atoms with Gasteiger partial charge in [-0.2, -0.15) is 0 Å². The molecule has 1 aromatic heterocycles. The van der Waals surface area contributed by atoms with Crippen LogP contribution in [0, 0.1) is 0 Å². The summed E-state index contributed by atoms with van der Waals surface area (Å²) in [5, 5.41) is 3.43. The van der Waals surface area contributed by atoms with Crippen molar-refractivity contribution < 1.29 is 0 Å². The molecule has 0 unspecified atom stereocenters. The van der Waals surface area contributed by atoms with Crippen LogP contribution in [0.3, 0.4) is 0 Å². The summed E-state index contributed by atoms with van der Waals surface area (Å²) in [6.45, 7) is 14.2. The molecule has 0 amide bonds. The molecule has 4 heteroatoms. The molecular weight excluding hydrogens is 248 g/mol. The Kier molecular flexibility index (Phi) is 5.78. The van der Waals surface area contributed by atoms with Gasteiger partial charge in [0.25, 0.3) is 0 Å². The van der Waals surface area contributed by atoms with Crippen LogP contribution in [-0.4, -0.2) is 29.1 Å². The average Bonchev–Trinajstić information content (AvgIpc) is 2.43. The molecule has 1 aromatic rings. The highest BCUT2D eigenvalue weighted by atomic mass is 15.2. The molecule has 1 heterocycles. The van der Waals surface area contributed by atoms with Crippen LogP contribution in [0.15, 0.2) is 6.33 Å². The van der Waals surface area contributed by atoms with E-state index >= 15 is 0 Å². The summed E-state index contributed by atoms with van der Waals surface area (Å²) in [5.41, 5.74) is 1.30. The Morgan fingerprint density at radius 1 is 1.25 bits per heavy atom. The van der Waals surface area contributed by atoms with E-state index < -0.39 is 0 Å². The maximum Gasteiger partial charge on any atom is 0.137 e. The van der Waals surface area contributed by atoms with Gasteiger partial charge in [0.15, 0.2) is 0 Å². The molecule has 0 spiro atoms. The lowest BCUT2D eigenvalue weighted by Gasteiger charge is -2.37. The van der Waals surface area contributed by atoms with Crippen LogP contribution in [0.1, 0.15) is 65.9 Å². The number of aromatic nitrogens is 2. The molecule has 0 aliphatic carbocycles. The molecule has 4 nitrogen and oxygen atoms in total. The maximum atomic E-state index is 4.56. The molecular formula is C16H30N4. The lowest BCUT2D eigenvalue weighted by molar-refractivity contribution is 0.465. The molecule has 0 aromatic carbocycles. The van der Waals surface area contributed by atoms with Crippen LogP contribution >= 0.6 is 0 Å². The summed E-state index contributed by atoms with van der Waals surface area (Å²) >= 11 is 0. The lowest BCUT2D eigenvalue weighted by Crippen LogP contribution is -2.41. The maximum absolute atomic E-state index is 4.56. The molecule has 0 aliphatic heterocycles. The van der Waals surface area contributed by atoms with Gasteiger partial charge in [-0.15, -0.1) is 0 Å². The van der Waals surface area contributed by atoms with Crippen LogP contribution in [-0.2, 0) is 0 Å². The van der Waals surface area contributed by atoms with Crippen molar-refractivity contribution in [3.05, 3.63) is 11.9 Å². The quantitative estimate of drug-likeness (QED) is 0.817. The van der Waals surface area contributed by atoms with Gasteiger partial charge in [-0.1, -0.05) is 27.7 Å². The SMILES string of the molecule is CCCNc1ncnc(N(C)C(C)(C)CC)c1C(C)C. The highest BCUT2D eigenvalue weighted by Gasteiger charge is 2.26. The van der Waals surface area contributed by atoms with Crippen molar-refractivity contribution >= 4 is 11.6 Å². The Bertz CT molecular complexity index is 426. The summed E-state index contributed by atoms with van der Waals surface area (Å²) in [7, 11) is 2.13. The molecule has 0 radical (unpaired) electrons. The molecule has 114 valence electrons. The molecule has 0 bridgehead atoms. The standard InChI is InChI=1S/C16H30N4/c1-8-10-17-14-13(12(3)4)15(19-11-18-14)20(7)16(5,6)9-2/h11-12H,8-10H2,1-7H3,(H,17,18,19). The first-order valence-electron chi connectivity index (χ1n) is 7.67. The Balaban J connectivity index is 3.25. The van der Waals surface area contributed by atoms with Gasteiger partial charge in [-0.3, -0.25) is 0 Å². The minimum absolute atomic E-state index is 0.0834. The third-order valence-corrected chi connectivity index (χ3v) is 4.07. The number of rotatable bonds is 7. The summed E-state index contributed by atoms with van der Waals surface area (Å²) in [6.07, 6.45) is 3.83. The van der Waals surface area contributed by atoms with Crippen LogP contribution in [0.4, 0.5) is 11.6 Å². The third-order valence-electron chi connectivity index (χ3n) is 4.07. The zero-order chi connectivity index (χ0) is 15.3. The third kappa shape index (κ3) is 3.62. The van der Waals surface area contributed by atoms with Crippen molar-refractivity contribution in [3.63, 3.8) is 0 Å². The molecule has 0 saturated heterocycles. The monoisotopic (exact) mass is 278 g/mol. The van der Waals surface area contributed by atoms with E-state index in [1.54, 1.807) is 6.33 Å². The summed E-state index contributed by atoms with van der Waals surface area (Å²) in [4.78, 5) is 11.3. The second-order valence-electron chi connectivity index (χ2n) is 6.27. The van der Waals surface area contributed by atoms with Gasteiger partial charge >= 0.3 is 0 Å². The van der Waals surface area contributed by atoms with Crippen molar-refractivity contribution in [2.45, 2.75) is 65.8 Å². The van der Waals surface area contributed by atoms with E-state index in [0.29, 0.717) is 5.92 Å². The van der Waals surface area contributed by atoms with E-state index in [2.05, 4.69) is 68.8 Å². The zero-order valence-corrected chi connectivity index (χ0v) is 14.1.